The molecule has 8 rings (SSSR count). The first-order chi connectivity index (χ1) is 28.3. The molecule has 2 saturated heterocycles. The summed E-state index contributed by atoms with van der Waals surface area (Å²) < 4.78 is 0. The molecule has 2 fully saturated rings. The van der Waals surface area contributed by atoms with E-state index in [1.54, 1.807) is 72.8 Å². The number of benzene rings is 4. The molecule has 2 N–H and O–H groups in total. The van der Waals surface area contributed by atoms with Crippen molar-refractivity contribution in [3.8, 4) is 24.0 Å². The molecule has 0 radical (unpaired) electrons. The van der Waals surface area contributed by atoms with Crippen LogP contribution in [-0.2, 0) is 9.59 Å². The van der Waals surface area contributed by atoms with Gasteiger partial charge in [0.05, 0.1) is 0 Å². The van der Waals surface area contributed by atoms with Crippen LogP contribution < -0.4 is 10.6 Å². The van der Waals surface area contributed by atoms with Gasteiger partial charge in [0.15, 0.2) is 0 Å². The van der Waals surface area contributed by atoms with E-state index in [9.17, 15) is 29.7 Å². The summed E-state index contributed by atoms with van der Waals surface area (Å²) in [5.41, 5.74) is 3.17. The van der Waals surface area contributed by atoms with Crippen molar-refractivity contribution in [2.75, 3.05) is 23.7 Å². The maximum Gasteiger partial charge on any atom is 0.273 e. The van der Waals surface area contributed by atoms with E-state index in [1.807, 2.05) is 48.5 Å². The van der Waals surface area contributed by atoms with Crippen LogP contribution in [0.5, 0.6) is 0 Å². The summed E-state index contributed by atoms with van der Waals surface area (Å²) in [5.74, 6) is 4.86. The van der Waals surface area contributed by atoms with Crippen LogP contribution in [0.25, 0.3) is 21.5 Å². The quantitative estimate of drug-likeness (QED) is 0.183. The van der Waals surface area contributed by atoms with Gasteiger partial charge in [-0.25, -0.2) is 9.97 Å². The minimum atomic E-state index is -0.684. The molecule has 2 aliphatic rings. The van der Waals surface area contributed by atoms with E-state index in [0.29, 0.717) is 60.9 Å². The second-order valence-corrected chi connectivity index (χ2v) is 14.1. The van der Waals surface area contributed by atoms with E-state index < -0.39 is 12.1 Å². The first kappa shape index (κ1) is 37.1. The molecule has 4 aromatic carbocycles. The molecular formula is C46H34N8O4. The number of nitrogens with zero attached hydrogens (tertiary/aromatic N) is 6. The minimum Gasteiger partial charge on any atom is -0.325 e. The number of pyridine rings is 2. The summed E-state index contributed by atoms with van der Waals surface area (Å²) in [4.78, 5) is 65.9. The van der Waals surface area contributed by atoms with Crippen LogP contribution in [0.4, 0.5) is 11.4 Å². The smallest absolute Gasteiger partial charge is 0.273 e. The SMILES string of the molecule is N#Cc1cc2ccccc2c(C(=O)N2CCC[C@@H]2C(=O)Nc2ccc(C#Cc3ccc(NC(=O)[C@@H]4CCCN4C(=O)c4nc(C#N)cc5ccccc45)cc3)cc2)n1. The molecule has 12 heteroatoms. The highest BCUT2D eigenvalue weighted by Gasteiger charge is 2.37. The molecule has 0 aliphatic carbocycles. The van der Waals surface area contributed by atoms with Gasteiger partial charge < -0.3 is 20.4 Å². The third-order valence-corrected chi connectivity index (χ3v) is 10.4. The lowest BCUT2D eigenvalue weighted by Crippen LogP contribution is -2.43. The molecule has 282 valence electrons. The fraction of sp³-hybridized carbons (Fsp3) is 0.174. The molecule has 2 atom stereocenters. The minimum absolute atomic E-state index is 0.141. The molecule has 58 heavy (non-hydrogen) atoms. The number of carbonyl (C=O) groups excluding carboxylic acids is 4. The molecule has 2 aliphatic heterocycles. The standard InChI is InChI=1S/C46H34N8O4/c47-27-35-25-31-7-1-3-9-37(31)41(49-35)45(57)53-23-5-11-39(53)43(55)51-33-19-15-29(16-20-33)13-14-30-17-21-34(22-18-30)52-44(56)40-12-6-24-54(40)46(58)42-38-10-4-2-8-32(38)26-36(28-48)50-42/h1-4,7-10,15-22,25-26,39-40H,5-6,11-12,23-24H2,(H,51,55)(H,52,56)/t39-,40+. The summed E-state index contributed by atoms with van der Waals surface area (Å²) >= 11 is 0. The third-order valence-electron chi connectivity index (χ3n) is 10.4. The highest BCUT2D eigenvalue weighted by Crippen LogP contribution is 2.27. The highest BCUT2D eigenvalue weighted by molar-refractivity contribution is 6.09. The number of anilines is 2. The zero-order valence-electron chi connectivity index (χ0n) is 31.1. The maximum absolute atomic E-state index is 13.7. The number of rotatable bonds is 6. The fourth-order valence-corrected chi connectivity index (χ4v) is 7.54. The van der Waals surface area contributed by atoms with Crippen molar-refractivity contribution in [3.05, 3.63) is 143 Å². The van der Waals surface area contributed by atoms with E-state index in [2.05, 4.69) is 32.4 Å². The van der Waals surface area contributed by atoms with Gasteiger partial charge in [0.2, 0.25) is 11.8 Å². The maximum atomic E-state index is 13.7. The molecule has 0 unspecified atom stereocenters. The number of amides is 4. The number of carbonyl (C=O) groups is 4. The number of hydrogen-bond donors (Lipinski definition) is 2. The summed E-state index contributed by atoms with van der Waals surface area (Å²) in [6.07, 6.45) is 2.34. The highest BCUT2D eigenvalue weighted by atomic mass is 16.2. The number of nitrogens with one attached hydrogen (secondary N) is 2. The normalized spacial score (nSPS) is 15.9. The number of nitriles is 2. The summed E-state index contributed by atoms with van der Waals surface area (Å²) in [7, 11) is 0. The Morgan fingerprint density at radius 2 is 0.966 bits per heavy atom. The van der Waals surface area contributed by atoms with Gasteiger partial charge >= 0.3 is 0 Å². The van der Waals surface area contributed by atoms with Crippen molar-refractivity contribution in [2.24, 2.45) is 0 Å². The van der Waals surface area contributed by atoms with E-state index in [0.717, 1.165) is 21.9 Å². The Morgan fingerprint density at radius 3 is 1.36 bits per heavy atom. The monoisotopic (exact) mass is 762 g/mol. The van der Waals surface area contributed by atoms with Gasteiger partial charge in [-0.05, 0) is 97.1 Å². The molecule has 0 spiro atoms. The largest absolute Gasteiger partial charge is 0.325 e. The van der Waals surface area contributed by atoms with Crippen LogP contribution in [0.2, 0.25) is 0 Å². The van der Waals surface area contributed by atoms with Crippen molar-refractivity contribution in [3.63, 3.8) is 0 Å². The van der Waals surface area contributed by atoms with E-state index in [1.165, 1.54) is 9.80 Å². The summed E-state index contributed by atoms with van der Waals surface area (Å²) in [6.45, 7) is 0.809. The average Bonchev–Trinajstić information content (AvgIpc) is 3.97. The van der Waals surface area contributed by atoms with Crippen molar-refractivity contribution in [1.29, 1.82) is 10.5 Å². The molecule has 12 nitrogen and oxygen atoms in total. The molecular weight excluding hydrogens is 729 g/mol. The zero-order valence-corrected chi connectivity index (χ0v) is 31.1. The van der Waals surface area contributed by atoms with Gasteiger partial charge in [-0.15, -0.1) is 0 Å². The van der Waals surface area contributed by atoms with Gasteiger partial charge in [0.1, 0.15) is 47.0 Å². The fourth-order valence-electron chi connectivity index (χ4n) is 7.54. The van der Waals surface area contributed by atoms with Crippen molar-refractivity contribution in [2.45, 2.75) is 37.8 Å². The number of hydrogen-bond acceptors (Lipinski definition) is 8. The number of aromatic nitrogens is 2. The van der Waals surface area contributed by atoms with Crippen LogP contribution >= 0.6 is 0 Å². The van der Waals surface area contributed by atoms with E-state index in [-0.39, 0.29) is 46.4 Å². The second kappa shape index (κ2) is 16.1. The Labute approximate surface area is 333 Å². The number of likely N-dealkylation sites (tertiary alicyclic amines) is 2. The van der Waals surface area contributed by atoms with Gasteiger partial charge in [0.25, 0.3) is 11.8 Å². The Morgan fingerprint density at radius 1 is 0.569 bits per heavy atom. The first-order valence-electron chi connectivity index (χ1n) is 18.9. The van der Waals surface area contributed by atoms with Gasteiger partial charge in [0, 0.05) is 46.4 Å². The first-order valence-corrected chi connectivity index (χ1v) is 18.9. The topological polar surface area (TPSA) is 172 Å². The molecule has 0 bridgehead atoms. The summed E-state index contributed by atoms with van der Waals surface area (Å²) in [6, 6.07) is 34.7. The van der Waals surface area contributed by atoms with Crippen molar-refractivity contribution < 1.29 is 19.2 Å². The van der Waals surface area contributed by atoms with Crippen molar-refractivity contribution in [1.82, 2.24) is 19.8 Å². The molecule has 4 heterocycles. The third kappa shape index (κ3) is 7.53. The van der Waals surface area contributed by atoms with Crippen LogP contribution in [0.15, 0.2) is 109 Å². The lowest BCUT2D eigenvalue weighted by Gasteiger charge is -2.24. The predicted molar refractivity (Wildman–Crippen MR) is 217 cm³/mol. The predicted octanol–water partition coefficient (Wildman–Crippen LogP) is 6.41. The van der Waals surface area contributed by atoms with Crippen LogP contribution in [0, 0.1) is 34.5 Å². The van der Waals surface area contributed by atoms with Crippen LogP contribution in [-0.4, -0.2) is 68.6 Å². The average molecular weight is 763 g/mol. The van der Waals surface area contributed by atoms with Crippen LogP contribution in [0.3, 0.4) is 0 Å². The lowest BCUT2D eigenvalue weighted by molar-refractivity contribution is -0.120. The van der Waals surface area contributed by atoms with Gasteiger partial charge in [-0.3, -0.25) is 19.2 Å². The Balaban J connectivity index is 0.879. The van der Waals surface area contributed by atoms with Gasteiger partial charge in [-0.1, -0.05) is 60.4 Å². The van der Waals surface area contributed by atoms with Crippen LogP contribution in [0.1, 0.15) is 69.2 Å². The Kier molecular flexibility index (Phi) is 10.3. The molecule has 2 aromatic heterocycles. The Hall–Kier alpha value is -7.88. The lowest BCUT2D eigenvalue weighted by atomic mass is 10.1. The van der Waals surface area contributed by atoms with Crippen molar-refractivity contribution >= 4 is 56.5 Å². The second-order valence-electron chi connectivity index (χ2n) is 14.1. The molecule has 0 saturated carbocycles. The summed E-state index contributed by atoms with van der Waals surface area (Å²) in [5, 5.41) is 27.6. The Bertz CT molecular complexity index is 2590. The van der Waals surface area contributed by atoms with Gasteiger partial charge in [-0.2, -0.15) is 10.5 Å². The zero-order chi connectivity index (χ0) is 40.2. The van der Waals surface area contributed by atoms with E-state index >= 15 is 0 Å². The molecule has 6 aromatic rings. The number of fused-ring (bicyclic) bond motifs is 2. The molecule has 4 amide bonds. The van der Waals surface area contributed by atoms with E-state index in [4.69, 9.17) is 0 Å².